The third-order valence-corrected chi connectivity index (χ3v) is 7.25. The van der Waals surface area contributed by atoms with Crippen molar-refractivity contribution in [1.82, 2.24) is 9.46 Å². The highest BCUT2D eigenvalue weighted by Crippen LogP contribution is 2.30. The van der Waals surface area contributed by atoms with Gasteiger partial charge in [0.25, 0.3) is 0 Å². The number of amides is 1. The Morgan fingerprint density at radius 2 is 1.93 bits per heavy atom. The Balaban J connectivity index is 1.55. The van der Waals surface area contributed by atoms with E-state index in [1.165, 1.54) is 4.31 Å². The lowest BCUT2D eigenvalue weighted by Crippen LogP contribution is -2.43. The fourth-order valence-corrected chi connectivity index (χ4v) is 5.48. The Bertz CT molecular complexity index is 950. The van der Waals surface area contributed by atoms with Gasteiger partial charge in [0.1, 0.15) is 6.04 Å². The molecule has 144 valence electrons. The largest absolute Gasteiger partial charge is 0.338 e. The number of aromatic nitrogens is 1. The number of nitrogens with zero attached hydrogens (tertiary/aromatic N) is 2. The zero-order valence-corrected chi connectivity index (χ0v) is 16.1. The highest BCUT2D eigenvalue weighted by Gasteiger charge is 2.40. The highest BCUT2D eigenvalue weighted by atomic mass is 32.2. The van der Waals surface area contributed by atoms with Gasteiger partial charge < -0.3 is 4.52 Å². The summed E-state index contributed by atoms with van der Waals surface area (Å²) in [5.41, 5.74) is 2.83. The molecule has 2 heterocycles. The van der Waals surface area contributed by atoms with Gasteiger partial charge in [-0.1, -0.05) is 22.9 Å². The number of hydrogen-bond donors (Lipinski definition) is 1. The second kappa shape index (κ2) is 7.09. The van der Waals surface area contributed by atoms with Crippen LogP contribution in [0, 0.1) is 6.92 Å². The van der Waals surface area contributed by atoms with Crippen LogP contribution in [-0.2, 0) is 27.7 Å². The number of sulfonamides is 1. The fraction of sp³-hybridized carbons (Fsp3) is 0.474. The van der Waals surface area contributed by atoms with Crippen molar-refractivity contribution in [3.8, 4) is 0 Å². The molecule has 7 nitrogen and oxygen atoms in total. The van der Waals surface area contributed by atoms with Crippen LogP contribution >= 0.6 is 0 Å². The van der Waals surface area contributed by atoms with E-state index >= 15 is 0 Å². The molecule has 0 bridgehead atoms. The third kappa shape index (κ3) is 3.39. The lowest BCUT2D eigenvalue weighted by atomic mass is 9.97. The van der Waals surface area contributed by atoms with E-state index < -0.39 is 16.1 Å². The lowest BCUT2D eigenvalue weighted by molar-refractivity contribution is -0.119. The maximum Gasteiger partial charge on any atom is 0.245 e. The van der Waals surface area contributed by atoms with E-state index in [1.807, 2.05) is 6.92 Å². The Kier molecular flexibility index (Phi) is 4.77. The summed E-state index contributed by atoms with van der Waals surface area (Å²) in [4.78, 5) is 13.0. The second-order valence-corrected chi connectivity index (χ2v) is 9.11. The topological polar surface area (TPSA) is 92.5 Å². The van der Waals surface area contributed by atoms with Gasteiger partial charge in [-0.2, -0.15) is 4.31 Å². The summed E-state index contributed by atoms with van der Waals surface area (Å²) >= 11 is 0. The predicted molar refractivity (Wildman–Crippen MR) is 99.9 cm³/mol. The number of anilines is 1. The molecule has 1 unspecified atom stereocenters. The zero-order chi connectivity index (χ0) is 19.0. The number of aryl methyl sites for hydroxylation is 2. The smallest absolute Gasteiger partial charge is 0.245 e. The van der Waals surface area contributed by atoms with Crippen LogP contribution in [0.25, 0.3) is 0 Å². The number of rotatable bonds is 4. The minimum atomic E-state index is -3.72. The molecule has 27 heavy (non-hydrogen) atoms. The monoisotopic (exact) mass is 389 g/mol. The summed E-state index contributed by atoms with van der Waals surface area (Å²) in [6.07, 6.45) is 4.92. The van der Waals surface area contributed by atoms with Gasteiger partial charge in [-0.05, 0) is 57.6 Å². The van der Waals surface area contributed by atoms with E-state index in [-0.39, 0.29) is 10.8 Å². The van der Waals surface area contributed by atoms with Crippen molar-refractivity contribution in [3.05, 3.63) is 41.1 Å². The summed E-state index contributed by atoms with van der Waals surface area (Å²) in [5.74, 6) is 0.0157. The molecule has 0 radical (unpaired) electrons. The summed E-state index contributed by atoms with van der Waals surface area (Å²) < 4.78 is 32.6. The first-order chi connectivity index (χ1) is 13.0. The number of carbonyl (C=O) groups is 1. The molecule has 0 saturated carbocycles. The van der Waals surface area contributed by atoms with Gasteiger partial charge in [-0.15, -0.1) is 0 Å². The van der Waals surface area contributed by atoms with E-state index in [0.717, 1.165) is 42.5 Å². The first kappa shape index (κ1) is 18.2. The molecule has 1 aliphatic heterocycles. The summed E-state index contributed by atoms with van der Waals surface area (Å²) in [5, 5.41) is 6.82. The van der Waals surface area contributed by atoms with Crippen LogP contribution in [0.5, 0.6) is 0 Å². The molecule has 1 fully saturated rings. The molecule has 1 N–H and O–H groups in total. The van der Waals surface area contributed by atoms with Gasteiger partial charge in [0.2, 0.25) is 21.8 Å². The van der Waals surface area contributed by atoms with Gasteiger partial charge in [0.05, 0.1) is 10.6 Å². The molecule has 2 aliphatic rings. The Hall–Kier alpha value is -2.19. The Morgan fingerprint density at radius 1 is 1.19 bits per heavy atom. The highest BCUT2D eigenvalue weighted by molar-refractivity contribution is 7.89. The van der Waals surface area contributed by atoms with Gasteiger partial charge in [0, 0.05) is 12.1 Å². The van der Waals surface area contributed by atoms with E-state index in [0.29, 0.717) is 25.3 Å². The minimum Gasteiger partial charge on any atom is -0.338 e. The van der Waals surface area contributed by atoms with Gasteiger partial charge in [0.15, 0.2) is 0 Å². The molecule has 4 rings (SSSR count). The lowest BCUT2D eigenvalue weighted by Gasteiger charge is -2.23. The normalized spacial score (nSPS) is 20.4. The van der Waals surface area contributed by atoms with Crippen LogP contribution in [0.3, 0.4) is 0 Å². The van der Waals surface area contributed by atoms with Crippen LogP contribution in [-0.4, -0.2) is 36.4 Å². The Morgan fingerprint density at radius 3 is 2.70 bits per heavy atom. The van der Waals surface area contributed by atoms with Gasteiger partial charge >= 0.3 is 0 Å². The molecule has 0 spiro atoms. The number of nitrogens with one attached hydrogen (secondary N) is 1. The molecular weight excluding hydrogens is 366 g/mol. The summed E-state index contributed by atoms with van der Waals surface area (Å²) in [6.45, 7) is 2.24. The van der Waals surface area contributed by atoms with Crippen molar-refractivity contribution in [2.45, 2.75) is 56.4 Å². The first-order valence-electron chi connectivity index (χ1n) is 9.33. The maximum absolute atomic E-state index is 13.0. The molecular formula is C19H23N3O4S. The molecule has 8 heteroatoms. The minimum absolute atomic E-state index is 0.213. The molecule has 2 aromatic rings. The van der Waals surface area contributed by atoms with Crippen molar-refractivity contribution >= 4 is 21.8 Å². The van der Waals surface area contributed by atoms with Crippen LogP contribution in [0.2, 0.25) is 0 Å². The van der Waals surface area contributed by atoms with Crippen molar-refractivity contribution in [2.24, 2.45) is 0 Å². The zero-order valence-electron chi connectivity index (χ0n) is 15.3. The molecule has 1 atom stereocenters. The van der Waals surface area contributed by atoms with Crippen molar-refractivity contribution in [2.75, 3.05) is 11.9 Å². The van der Waals surface area contributed by atoms with Crippen LogP contribution < -0.4 is 5.32 Å². The first-order valence-corrected chi connectivity index (χ1v) is 10.8. The molecule has 1 aromatic carbocycles. The van der Waals surface area contributed by atoms with E-state index in [1.54, 1.807) is 24.3 Å². The maximum atomic E-state index is 13.0. The molecule has 1 aliphatic carbocycles. The van der Waals surface area contributed by atoms with E-state index in [4.69, 9.17) is 4.52 Å². The number of fused-ring (bicyclic) bond motifs is 1. The third-order valence-electron chi connectivity index (χ3n) is 5.33. The van der Waals surface area contributed by atoms with Crippen LogP contribution in [0.4, 0.5) is 5.88 Å². The number of carbonyl (C=O) groups excluding carboxylic acids is 1. The standard InChI is InChI=1S/C19H23N3O4S/c1-13-8-10-14(11-9-13)27(24,25)22-12-4-7-17(22)18(23)20-19-15-5-2-3-6-16(15)21-26-19/h8-11,17H,2-7,12H2,1H3,(H,20,23). The summed E-state index contributed by atoms with van der Waals surface area (Å²) in [7, 11) is -3.72. The quantitative estimate of drug-likeness (QED) is 0.868. The van der Waals surface area contributed by atoms with E-state index in [9.17, 15) is 13.2 Å². The van der Waals surface area contributed by atoms with Crippen LogP contribution in [0.1, 0.15) is 42.5 Å². The predicted octanol–water partition coefficient (Wildman–Crippen LogP) is 2.65. The number of benzene rings is 1. The second-order valence-electron chi connectivity index (χ2n) is 7.22. The SMILES string of the molecule is Cc1ccc(S(=O)(=O)N2CCCC2C(=O)Nc2onc3c2CCCC3)cc1. The fourth-order valence-electron chi connectivity index (χ4n) is 3.82. The average molecular weight is 389 g/mol. The summed E-state index contributed by atoms with van der Waals surface area (Å²) in [6, 6.07) is 5.97. The Labute approximate surface area is 158 Å². The van der Waals surface area contributed by atoms with Crippen molar-refractivity contribution < 1.29 is 17.7 Å². The van der Waals surface area contributed by atoms with Gasteiger partial charge in [-0.3, -0.25) is 10.1 Å². The average Bonchev–Trinajstić information content (AvgIpc) is 3.30. The number of hydrogen-bond acceptors (Lipinski definition) is 5. The molecule has 1 amide bonds. The van der Waals surface area contributed by atoms with Gasteiger partial charge in [-0.25, -0.2) is 8.42 Å². The molecule has 1 saturated heterocycles. The van der Waals surface area contributed by atoms with Crippen molar-refractivity contribution in [3.63, 3.8) is 0 Å². The molecule has 1 aromatic heterocycles. The van der Waals surface area contributed by atoms with Crippen LogP contribution in [0.15, 0.2) is 33.7 Å². The van der Waals surface area contributed by atoms with Crippen molar-refractivity contribution in [1.29, 1.82) is 0 Å². The van der Waals surface area contributed by atoms with E-state index in [2.05, 4.69) is 10.5 Å².